The van der Waals surface area contributed by atoms with Crippen LogP contribution in [0.2, 0.25) is 0 Å². The average molecular weight is 672 g/mol. The zero-order valence-corrected chi connectivity index (χ0v) is 29.0. The first-order chi connectivity index (χ1) is 22.9. The monoisotopic (exact) mass is 671 g/mol. The largest absolute Gasteiger partial charge is 0.475 e. The second kappa shape index (κ2) is 13.5. The average Bonchev–Trinajstić information content (AvgIpc) is 3.05. The first-order valence-electron chi connectivity index (χ1n) is 16.4. The van der Waals surface area contributed by atoms with Crippen molar-refractivity contribution in [1.29, 1.82) is 0 Å². The number of fused-ring (bicyclic) bond motifs is 4. The summed E-state index contributed by atoms with van der Waals surface area (Å²) < 4.78 is 36.3. The van der Waals surface area contributed by atoms with Gasteiger partial charge in [-0.15, -0.1) is 0 Å². The summed E-state index contributed by atoms with van der Waals surface area (Å²) in [6.07, 6.45) is 5.88. The number of ether oxygens (including phenoxy) is 1. The summed E-state index contributed by atoms with van der Waals surface area (Å²) in [4.78, 5) is 36.5. The Hall–Kier alpha value is -4.58. The molecule has 254 valence electrons. The van der Waals surface area contributed by atoms with Crippen molar-refractivity contribution in [3.63, 3.8) is 0 Å². The van der Waals surface area contributed by atoms with E-state index in [0.29, 0.717) is 30.2 Å². The van der Waals surface area contributed by atoms with Crippen LogP contribution in [-0.4, -0.2) is 71.4 Å². The Kier molecular flexibility index (Phi) is 9.37. The number of carbonyl (C=O) groups excluding carboxylic acids is 1. The Labute approximate surface area is 284 Å². The summed E-state index contributed by atoms with van der Waals surface area (Å²) in [7, 11) is -4.14. The highest BCUT2D eigenvalue weighted by molar-refractivity contribution is 7.92. The number of aromatic nitrogens is 4. The highest BCUT2D eigenvalue weighted by Crippen LogP contribution is 2.32. The van der Waals surface area contributed by atoms with E-state index in [9.17, 15) is 13.2 Å². The van der Waals surface area contributed by atoms with Crippen LogP contribution in [0.4, 0.5) is 11.9 Å². The number of hydrogen-bond acceptors (Lipinski definition) is 9. The fraction of sp³-hybridized carbons (Fsp3) is 0.417. The molecule has 0 unspecified atom stereocenters. The van der Waals surface area contributed by atoms with Crippen molar-refractivity contribution in [2.24, 2.45) is 11.3 Å². The van der Waals surface area contributed by atoms with Gasteiger partial charge in [0.1, 0.15) is 6.61 Å². The molecule has 0 radical (unpaired) electrons. The molecular weight excluding hydrogens is 627 g/mol. The molecule has 11 nitrogen and oxygen atoms in total. The first-order valence-corrected chi connectivity index (χ1v) is 17.9. The third-order valence-electron chi connectivity index (χ3n) is 8.93. The molecule has 4 heterocycles. The second-order valence-corrected chi connectivity index (χ2v) is 15.7. The third-order valence-corrected chi connectivity index (χ3v) is 10.3. The maximum absolute atomic E-state index is 14.5. The molecule has 0 aliphatic carbocycles. The number of aryl methyl sites for hydroxylation is 2. The zero-order valence-electron chi connectivity index (χ0n) is 28.2. The van der Waals surface area contributed by atoms with Crippen LogP contribution in [0, 0.1) is 25.2 Å². The van der Waals surface area contributed by atoms with E-state index in [-0.39, 0.29) is 48.0 Å². The Bertz CT molecular complexity index is 1880. The molecule has 2 aliphatic rings. The normalized spacial score (nSPS) is 18.6. The van der Waals surface area contributed by atoms with E-state index >= 15 is 0 Å². The SMILES string of the molecule is Cc1cccc(C)c1-c1cc2nc(n1)NS(=O)(=O)c1cccc(c1)C(=O)N(CC1CCN(c3ncccn3)CC1)[C@H](CC(C)(C)C)CO2.[HH]. The molecule has 4 aromatic rings. The van der Waals surface area contributed by atoms with Gasteiger partial charge in [-0.25, -0.2) is 28.1 Å². The van der Waals surface area contributed by atoms with Crippen LogP contribution < -0.4 is 14.4 Å². The Morgan fingerprint density at radius 1 is 0.958 bits per heavy atom. The van der Waals surface area contributed by atoms with Gasteiger partial charge in [0.05, 0.1) is 16.6 Å². The lowest BCUT2D eigenvalue weighted by atomic mass is 9.86. The van der Waals surface area contributed by atoms with Gasteiger partial charge in [0.25, 0.3) is 15.9 Å². The maximum Gasteiger partial charge on any atom is 0.264 e. The molecule has 12 heteroatoms. The molecular formula is C36H45N7O4S. The van der Waals surface area contributed by atoms with E-state index in [1.807, 2.05) is 36.9 Å². The van der Waals surface area contributed by atoms with Crippen molar-refractivity contribution in [1.82, 2.24) is 24.8 Å². The van der Waals surface area contributed by atoms with Gasteiger partial charge in [-0.05, 0) is 79.8 Å². The van der Waals surface area contributed by atoms with E-state index in [2.05, 4.69) is 50.3 Å². The Morgan fingerprint density at radius 2 is 1.65 bits per heavy atom. The quantitative estimate of drug-likeness (QED) is 0.265. The first kappa shape index (κ1) is 33.3. The van der Waals surface area contributed by atoms with Gasteiger partial charge < -0.3 is 14.5 Å². The topological polar surface area (TPSA) is 131 Å². The van der Waals surface area contributed by atoms with Gasteiger partial charge in [0.2, 0.25) is 17.8 Å². The predicted octanol–water partition coefficient (Wildman–Crippen LogP) is 6.15. The zero-order chi connectivity index (χ0) is 34.1. The van der Waals surface area contributed by atoms with Crippen LogP contribution in [0.5, 0.6) is 5.88 Å². The van der Waals surface area contributed by atoms with E-state index < -0.39 is 10.0 Å². The molecule has 2 aromatic carbocycles. The van der Waals surface area contributed by atoms with Crippen LogP contribution in [0.1, 0.15) is 62.9 Å². The van der Waals surface area contributed by atoms with Gasteiger partial charge in [0.15, 0.2) is 0 Å². The smallest absolute Gasteiger partial charge is 0.264 e. The van der Waals surface area contributed by atoms with Crippen LogP contribution in [-0.2, 0) is 10.0 Å². The molecule has 4 bridgehead atoms. The summed E-state index contributed by atoms with van der Waals surface area (Å²) in [6, 6.07) is 15.4. The highest BCUT2D eigenvalue weighted by Gasteiger charge is 2.34. The lowest BCUT2D eigenvalue weighted by molar-refractivity contribution is 0.0473. The minimum Gasteiger partial charge on any atom is -0.475 e. The van der Waals surface area contributed by atoms with Crippen molar-refractivity contribution in [3.05, 3.63) is 83.7 Å². The van der Waals surface area contributed by atoms with E-state index in [1.54, 1.807) is 36.7 Å². The number of nitrogens with zero attached hydrogens (tertiary/aromatic N) is 6. The summed E-state index contributed by atoms with van der Waals surface area (Å²) >= 11 is 0. The van der Waals surface area contributed by atoms with Gasteiger partial charge in [-0.3, -0.25) is 4.79 Å². The summed E-state index contributed by atoms with van der Waals surface area (Å²) in [5.74, 6) is 0.840. The summed E-state index contributed by atoms with van der Waals surface area (Å²) in [6.45, 7) is 12.7. The van der Waals surface area contributed by atoms with Gasteiger partial charge in [-0.2, -0.15) is 4.98 Å². The Balaban J connectivity index is 0.00000468. The van der Waals surface area contributed by atoms with Crippen LogP contribution in [0.25, 0.3) is 11.3 Å². The number of nitrogens with one attached hydrogen (secondary N) is 1. The number of sulfonamides is 1. The van der Waals surface area contributed by atoms with Crippen molar-refractivity contribution >= 4 is 27.8 Å². The van der Waals surface area contributed by atoms with Crippen molar-refractivity contribution < 1.29 is 19.4 Å². The predicted molar refractivity (Wildman–Crippen MR) is 188 cm³/mol. The highest BCUT2D eigenvalue weighted by atomic mass is 32.2. The standard InChI is InChI=1S/C36H43N7O4S.H2/c1-24-9-6-10-25(2)32(24)30-20-31-40-34(39-30)41-48(45,46)29-12-7-11-27(19-29)33(44)43(28(23-47-31)21-36(3,4)5)22-26-13-17-42(18-14-26)35-37-15-8-16-38-35;/h6-12,15-16,19-20,26,28H,13-14,17-18,21-23H2,1-5H3,(H,39,40,41);1H/t28-;/m1./s1. The lowest BCUT2D eigenvalue weighted by Crippen LogP contribution is -2.49. The maximum atomic E-state index is 14.5. The minimum absolute atomic E-state index is 0. The lowest BCUT2D eigenvalue weighted by Gasteiger charge is -2.40. The molecule has 1 N–H and O–H groups in total. The van der Waals surface area contributed by atoms with Gasteiger partial charge in [-0.1, -0.05) is 45.0 Å². The minimum atomic E-state index is -4.14. The second-order valence-electron chi connectivity index (χ2n) is 14.0. The number of rotatable bonds is 5. The fourth-order valence-corrected chi connectivity index (χ4v) is 7.62. The number of carbonyl (C=O) groups is 1. The van der Waals surface area contributed by atoms with Gasteiger partial charge >= 0.3 is 0 Å². The van der Waals surface area contributed by atoms with E-state index in [0.717, 1.165) is 42.6 Å². The summed E-state index contributed by atoms with van der Waals surface area (Å²) in [5.41, 5.74) is 3.58. The number of hydrogen-bond donors (Lipinski definition) is 1. The van der Waals surface area contributed by atoms with Crippen LogP contribution in [0.3, 0.4) is 0 Å². The number of benzene rings is 2. The molecule has 2 aliphatic heterocycles. The van der Waals surface area contributed by atoms with Gasteiger partial charge in [0, 0.05) is 50.6 Å². The summed E-state index contributed by atoms with van der Waals surface area (Å²) in [5, 5.41) is 0. The van der Waals surface area contributed by atoms with E-state index in [1.165, 1.54) is 12.1 Å². The molecule has 1 saturated heterocycles. The Morgan fingerprint density at radius 3 is 2.33 bits per heavy atom. The molecule has 1 fully saturated rings. The van der Waals surface area contributed by atoms with E-state index in [4.69, 9.17) is 4.74 Å². The van der Waals surface area contributed by atoms with Crippen molar-refractivity contribution in [2.75, 3.05) is 35.9 Å². The molecule has 6 rings (SSSR count). The third kappa shape index (κ3) is 7.59. The molecule has 1 amide bonds. The molecule has 0 spiro atoms. The van der Waals surface area contributed by atoms with Crippen LogP contribution >= 0.6 is 0 Å². The number of amides is 1. The molecule has 0 saturated carbocycles. The van der Waals surface area contributed by atoms with Crippen molar-refractivity contribution in [3.8, 4) is 17.1 Å². The van der Waals surface area contributed by atoms with Crippen molar-refractivity contribution in [2.45, 2.75) is 64.8 Å². The molecule has 2 aromatic heterocycles. The fourth-order valence-electron chi connectivity index (χ4n) is 6.63. The molecule has 48 heavy (non-hydrogen) atoms. The number of piperidine rings is 1. The van der Waals surface area contributed by atoms with Crippen LogP contribution in [0.15, 0.2) is 71.9 Å². The number of anilines is 2. The molecule has 1 atom stereocenters.